The van der Waals surface area contributed by atoms with Gasteiger partial charge in [-0.2, -0.15) is 5.10 Å². The molecule has 2 aromatic heterocycles. The summed E-state index contributed by atoms with van der Waals surface area (Å²) < 4.78 is 0. The number of carbonyl (C=O) groups excluding carboxylic acids is 1. The maximum absolute atomic E-state index is 12.9. The zero-order valence-corrected chi connectivity index (χ0v) is 16.3. The van der Waals surface area contributed by atoms with Gasteiger partial charge < -0.3 is 10.2 Å². The molecule has 1 fully saturated rings. The van der Waals surface area contributed by atoms with Gasteiger partial charge in [-0.25, -0.2) is 4.98 Å². The van der Waals surface area contributed by atoms with Crippen molar-refractivity contribution in [3.63, 3.8) is 0 Å². The Bertz CT molecular complexity index is 941. The summed E-state index contributed by atoms with van der Waals surface area (Å²) in [5.74, 6) is 1.05. The molecule has 6 nitrogen and oxygen atoms in total. The summed E-state index contributed by atoms with van der Waals surface area (Å²) in [6.07, 6.45) is 3.53. The number of nitrogens with one attached hydrogen (secondary N) is 2. The Morgan fingerprint density at radius 3 is 2.54 bits per heavy atom. The van der Waals surface area contributed by atoms with Gasteiger partial charge in [0.1, 0.15) is 11.5 Å². The van der Waals surface area contributed by atoms with E-state index in [2.05, 4.69) is 37.5 Å². The van der Waals surface area contributed by atoms with Crippen LogP contribution in [-0.4, -0.2) is 34.2 Å². The molecule has 3 heterocycles. The number of pyridine rings is 1. The number of amides is 1. The number of nitrogens with zero attached hydrogens (tertiary/aromatic N) is 3. The Balaban J connectivity index is 1.42. The van der Waals surface area contributed by atoms with E-state index < -0.39 is 0 Å². The van der Waals surface area contributed by atoms with Gasteiger partial charge in [-0.1, -0.05) is 36.4 Å². The third-order valence-corrected chi connectivity index (χ3v) is 5.33. The number of hydrogen-bond donors (Lipinski definition) is 2. The number of carbonyl (C=O) groups is 1. The van der Waals surface area contributed by atoms with Crippen LogP contribution in [0.3, 0.4) is 0 Å². The molecule has 0 radical (unpaired) electrons. The summed E-state index contributed by atoms with van der Waals surface area (Å²) in [5.41, 5.74) is 4.57. The van der Waals surface area contributed by atoms with E-state index in [9.17, 15) is 4.79 Å². The van der Waals surface area contributed by atoms with Gasteiger partial charge >= 0.3 is 0 Å². The van der Waals surface area contributed by atoms with Gasteiger partial charge in [0.05, 0.1) is 11.4 Å². The fraction of sp³-hybridized carbons (Fsp3) is 0.318. The molecule has 0 atom stereocenters. The molecular formula is C22H25N5O. The molecule has 1 aliphatic rings. The minimum atomic E-state index is -0.000350. The predicted octanol–water partition coefficient (Wildman–Crippen LogP) is 3.94. The fourth-order valence-electron chi connectivity index (χ4n) is 3.63. The molecule has 0 bridgehead atoms. The Labute approximate surface area is 165 Å². The zero-order valence-electron chi connectivity index (χ0n) is 16.3. The highest BCUT2D eigenvalue weighted by Gasteiger charge is 2.27. The molecule has 6 heteroatoms. The summed E-state index contributed by atoms with van der Waals surface area (Å²) in [7, 11) is 0. The maximum atomic E-state index is 12.9. The number of aromatic nitrogens is 3. The predicted molar refractivity (Wildman–Crippen MR) is 111 cm³/mol. The second-order valence-electron chi connectivity index (χ2n) is 7.38. The number of piperidine rings is 1. The smallest absolute Gasteiger partial charge is 0.227 e. The van der Waals surface area contributed by atoms with E-state index in [0.29, 0.717) is 0 Å². The first-order chi connectivity index (χ1) is 13.6. The van der Waals surface area contributed by atoms with Gasteiger partial charge in [0.15, 0.2) is 0 Å². The Morgan fingerprint density at radius 1 is 1.11 bits per heavy atom. The van der Waals surface area contributed by atoms with Crippen LogP contribution in [0.25, 0.3) is 11.3 Å². The number of aryl methyl sites for hydroxylation is 2. The number of H-pyrrole nitrogens is 1. The van der Waals surface area contributed by atoms with Crippen molar-refractivity contribution in [1.29, 1.82) is 0 Å². The summed E-state index contributed by atoms with van der Waals surface area (Å²) in [5, 5.41) is 10.5. The molecule has 1 aromatic carbocycles. The van der Waals surface area contributed by atoms with E-state index in [1.54, 1.807) is 0 Å². The Kier molecular flexibility index (Phi) is 5.10. The van der Waals surface area contributed by atoms with E-state index in [-0.39, 0.29) is 11.8 Å². The number of anilines is 2. The summed E-state index contributed by atoms with van der Waals surface area (Å²) in [4.78, 5) is 19.7. The van der Waals surface area contributed by atoms with Crippen LogP contribution in [0.1, 0.15) is 24.1 Å². The second kappa shape index (κ2) is 7.84. The number of hydrogen-bond acceptors (Lipinski definition) is 4. The average Bonchev–Trinajstić information content (AvgIpc) is 3.09. The number of benzene rings is 1. The first-order valence-electron chi connectivity index (χ1n) is 9.70. The van der Waals surface area contributed by atoms with Gasteiger partial charge in [0.2, 0.25) is 5.91 Å². The Morgan fingerprint density at radius 2 is 1.86 bits per heavy atom. The molecule has 1 saturated heterocycles. The van der Waals surface area contributed by atoms with E-state index >= 15 is 0 Å². The van der Waals surface area contributed by atoms with Crippen LogP contribution in [0.2, 0.25) is 0 Å². The molecule has 1 aliphatic heterocycles. The number of aromatic amines is 1. The van der Waals surface area contributed by atoms with E-state index in [4.69, 9.17) is 0 Å². The summed E-state index contributed by atoms with van der Waals surface area (Å²) >= 11 is 0. The monoisotopic (exact) mass is 375 g/mol. The van der Waals surface area contributed by atoms with Crippen LogP contribution in [0.15, 0.2) is 48.7 Å². The highest BCUT2D eigenvalue weighted by molar-refractivity contribution is 5.97. The molecule has 1 amide bonds. The average molecular weight is 375 g/mol. The maximum Gasteiger partial charge on any atom is 0.227 e. The van der Waals surface area contributed by atoms with Gasteiger partial charge in [0, 0.05) is 30.8 Å². The quantitative estimate of drug-likeness (QED) is 0.724. The van der Waals surface area contributed by atoms with Gasteiger partial charge in [0.25, 0.3) is 0 Å². The molecule has 0 unspecified atom stereocenters. The lowest BCUT2D eigenvalue weighted by Crippen LogP contribution is -2.38. The molecule has 2 N–H and O–H groups in total. The van der Waals surface area contributed by atoms with E-state index in [1.165, 1.54) is 0 Å². The van der Waals surface area contributed by atoms with E-state index in [0.717, 1.165) is 60.0 Å². The largest absolute Gasteiger partial charge is 0.357 e. The SMILES string of the molecule is Cc1ccc(N2CCC(C(=O)Nc3c(-c4ccccc4)n[nH]c3C)CC2)nc1. The zero-order chi connectivity index (χ0) is 19.5. The minimum absolute atomic E-state index is 0.000350. The first-order valence-corrected chi connectivity index (χ1v) is 9.70. The van der Waals surface area contributed by atoms with Crippen LogP contribution in [0.5, 0.6) is 0 Å². The summed E-state index contributed by atoms with van der Waals surface area (Å²) in [6, 6.07) is 14.0. The lowest BCUT2D eigenvalue weighted by atomic mass is 9.95. The highest BCUT2D eigenvalue weighted by Crippen LogP contribution is 2.30. The van der Waals surface area contributed by atoms with Gasteiger partial charge in [-0.05, 0) is 38.3 Å². The van der Waals surface area contributed by atoms with Crippen LogP contribution in [0, 0.1) is 19.8 Å². The molecule has 28 heavy (non-hydrogen) atoms. The van der Waals surface area contributed by atoms with Crippen LogP contribution >= 0.6 is 0 Å². The molecule has 3 aromatic rings. The normalized spacial score (nSPS) is 14.9. The topological polar surface area (TPSA) is 73.9 Å². The second-order valence-corrected chi connectivity index (χ2v) is 7.38. The summed E-state index contributed by atoms with van der Waals surface area (Å²) in [6.45, 7) is 5.64. The molecule has 144 valence electrons. The minimum Gasteiger partial charge on any atom is -0.357 e. The molecule has 0 saturated carbocycles. The van der Waals surface area contributed by atoms with Crippen LogP contribution in [0.4, 0.5) is 11.5 Å². The molecule has 0 aliphatic carbocycles. The van der Waals surface area contributed by atoms with Crippen LogP contribution < -0.4 is 10.2 Å². The fourth-order valence-corrected chi connectivity index (χ4v) is 3.63. The van der Waals surface area contributed by atoms with Crippen molar-refractivity contribution < 1.29 is 4.79 Å². The van der Waals surface area contributed by atoms with Crippen molar-refractivity contribution in [3.8, 4) is 11.3 Å². The van der Waals surface area contributed by atoms with Crippen molar-refractivity contribution in [2.75, 3.05) is 23.3 Å². The van der Waals surface area contributed by atoms with Crippen molar-refractivity contribution in [2.45, 2.75) is 26.7 Å². The van der Waals surface area contributed by atoms with Gasteiger partial charge in [-0.3, -0.25) is 9.89 Å². The van der Waals surface area contributed by atoms with Gasteiger partial charge in [-0.15, -0.1) is 0 Å². The van der Waals surface area contributed by atoms with Crippen molar-refractivity contribution in [1.82, 2.24) is 15.2 Å². The first kappa shape index (κ1) is 18.2. The van der Waals surface area contributed by atoms with Crippen LogP contribution in [-0.2, 0) is 4.79 Å². The van der Waals surface area contributed by atoms with Crippen molar-refractivity contribution in [2.24, 2.45) is 5.92 Å². The lowest BCUT2D eigenvalue weighted by molar-refractivity contribution is -0.120. The molecule has 0 spiro atoms. The third kappa shape index (κ3) is 3.76. The standard InChI is InChI=1S/C22H25N5O/c1-15-8-9-19(23-14-15)27-12-10-18(11-13-27)22(28)24-20-16(2)25-26-21(20)17-6-4-3-5-7-17/h3-9,14,18H,10-13H2,1-2H3,(H,24,28)(H,25,26). The Hall–Kier alpha value is -3.15. The molecular weight excluding hydrogens is 350 g/mol. The van der Waals surface area contributed by atoms with E-state index in [1.807, 2.05) is 50.4 Å². The van der Waals surface area contributed by atoms with Crippen molar-refractivity contribution >= 4 is 17.4 Å². The molecule has 4 rings (SSSR count). The number of rotatable bonds is 4. The lowest BCUT2D eigenvalue weighted by Gasteiger charge is -2.32. The van der Waals surface area contributed by atoms with Crippen molar-refractivity contribution in [3.05, 3.63) is 59.9 Å². The highest BCUT2D eigenvalue weighted by atomic mass is 16.1. The third-order valence-electron chi connectivity index (χ3n) is 5.33.